The Balaban J connectivity index is 1.95. The first kappa shape index (κ1) is 25.7. The van der Waals surface area contributed by atoms with E-state index in [4.69, 9.17) is 0 Å². The Kier molecular flexibility index (Phi) is 7.91. The van der Waals surface area contributed by atoms with Gasteiger partial charge in [0.2, 0.25) is 0 Å². The van der Waals surface area contributed by atoms with Gasteiger partial charge in [0, 0.05) is 36.3 Å². The number of fused-ring (bicyclic) bond motifs is 1. The lowest BCUT2D eigenvalue weighted by Gasteiger charge is -2.39. The van der Waals surface area contributed by atoms with E-state index < -0.39 is 11.5 Å². The van der Waals surface area contributed by atoms with Gasteiger partial charge in [-0.25, -0.2) is 0 Å². The van der Waals surface area contributed by atoms with Crippen LogP contribution in [0.2, 0.25) is 0 Å². The average molecular weight is 482 g/mol. The summed E-state index contributed by atoms with van der Waals surface area (Å²) in [5.74, 6) is -0.600. The largest absolute Gasteiger partial charge is 0.383 e. The van der Waals surface area contributed by atoms with E-state index >= 15 is 0 Å². The van der Waals surface area contributed by atoms with Gasteiger partial charge in [-0.05, 0) is 75.4 Å². The van der Waals surface area contributed by atoms with Gasteiger partial charge in [0.05, 0.1) is 0 Å². The normalized spacial score (nSPS) is 15.0. The van der Waals surface area contributed by atoms with Crippen LogP contribution in [0.25, 0.3) is 11.6 Å². The summed E-state index contributed by atoms with van der Waals surface area (Å²) in [6, 6.07) is 19.8. The lowest BCUT2D eigenvalue weighted by atomic mass is 9.69. The monoisotopic (exact) mass is 481 g/mol. The van der Waals surface area contributed by atoms with Crippen molar-refractivity contribution in [2.75, 3.05) is 41.3 Å². The van der Waals surface area contributed by atoms with E-state index in [1.165, 1.54) is 0 Å². The Bertz CT molecular complexity index is 1360. The number of aromatic amines is 1. The summed E-state index contributed by atoms with van der Waals surface area (Å²) in [6.45, 7) is 1.49. The second kappa shape index (κ2) is 11.1. The second-order valence-electron chi connectivity index (χ2n) is 10.0. The van der Waals surface area contributed by atoms with Crippen LogP contribution in [0.3, 0.4) is 0 Å². The molecule has 0 fully saturated rings. The van der Waals surface area contributed by atoms with E-state index in [1.807, 2.05) is 94.9 Å². The molecule has 0 saturated carbocycles. The fraction of sp³-hybridized carbons (Fsp3) is 0.323. The van der Waals surface area contributed by atoms with Crippen LogP contribution < -0.4 is 5.56 Å². The minimum absolute atomic E-state index is 0.190. The molecule has 1 aromatic heterocycles. The van der Waals surface area contributed by atoms with Crippen molar-refractivity contribution in [2.24, 2.45) is 0 Å². The third-order valence-electron chi connectivity index (χ3n) is 6.79. The van der Waals surface area contributed by atoms with Crippen molar-refractivity contribution < 1.29 is 5.11 Å². The van der Waals surface area contributed by atoms with E-state index in [0.29, 0.717) is 24.1 Å². The molecule has 2 unspecified atom stereocenters. The van der Waals surface area contributed by atoms with Crippen molar-refractivity contribution in [2.45, 2.75) is 24.4 Å². The molecule has 5 heteroatoms. The molecule has 36 heavy (non-hydrogen) atoms. The maximum Gasteiger partial charge on any atom is 0.251 e. The Labute approximate surface area is 213 Å². The zero-order valence-electron chi connectivity index (χ0n) is 21.6. The molecule has 1 heterocycles. The number of aliphatic hydroxyl groups is 1. The third-order valence-corrected chi connectivity index (χ3v) is 6.79. The summed E-state index contributed by atoms with van der Waals surface area (Å²) in [5.41, 5.74) is 9.81. The molecule has 5 nitrogen and oxygen atoms in total. The number of nitrogens with one attached hydrogen (secondary N) is 1. The maximum atomic E-state index is 13.4. The standard InChI is InChI=1S/C31H35N3O2/c1-33(2)19-17-23-21-27(30(35)32-22-23)29(25-12-6-5-7-13-25)31(36,18-20-34(3)4)28-16-10-14-24-11-8-9-15-26(24)28/h5-9,11-15,21-22,29,36H,17-20H2,1-4H3,(H,32,35). The van der Waals surface area contributed by atoms with Crippen LogP contribution >= 0.6 is 0 Å². The number of hydrogen-bond donors (Lipinski definition) is 2. The van der Waals surface area contributed by atoms with E-state index in [1.54, 1.807) is 6.20 Å². The van der Waals surface area contributed by atoms with Crippen molar-refractivity contribution in [3.05, 3.63) is 116 Å². The fourth-order valence-electron chi connectivity index (χ4n) is 4.87. The van der Waals surface area contributed by atoms with Crippen LogP contribution in [0.15, 0.2) is 83.1 Å². The summed E-state index contributed by atoms with van der Waals surface area (Å²) >= 11 is 0. The number of nitrogens with zero attached hydrogens (tertiary/aromatic N) is 2. The van der Waals surface area contributed by atoms with Crippen LogP contribution in [-0.4, -0.2) is 66.8 Å². The van der Waals surface area contributed by atoms with E-state index in [-0.39, 0.29) is 5.56 Å². The maximum absolute atomic E-state index is 13.4. The molecule has 3 aromatic rings. The highest BCUT2D eigenvalue weighted by molar-refractivity contribution is 5.82. The minimum Gasteiger partial charge on any atom is -0.383 e. The predicted octanol–water partition coefficient (Wildman–Crippen LogP) is 4.16. The average Bonchev–Trinajstić information content (AvgIpc) is 2.88. The minimum atomic E-state index is -1.41. The molecule has 186 valence electrons. The highest BCUT2D eigenvalue weighted by Gasteiger charge is 2.44. The summed E-state index contributed by atoms with van der Waals surface area (Å²) < 4.78 is 0. The quantitative estimate of drug-likeness (QED) is 0.427. The number of likely N-dealkylation sites (N-methyl/N-ethyl adjacent to an activating group) is 1. The van der Waals surface area contributed by atoms with Gasteiger partial charge in [-0.1, -0.05) is 66.1 Å². The molecule has 2 N–H and O–H groups in total. The number of rotatable bonds is 10. The summed E-state index contributed by atoms with van der Waals surface area (Å²) in [5, 5.41) is 12.8. The van der Waals surface area contributed by atoms with E-state index in [0.717, 1.165) is 35.2 Å². The van der Waals surface area contributed by atoms with Crippen molar-refractivity contribution in [3.8, 4) is 0 Å². The SMILES string of the molecule is CN(C)CCc1c[nH]c(=O)c(C(c2ccccc2)C(O)(CCN(C)C)C2=C=C=Cc3ccccc32)c1. The van der Waals surface area contributed by atoms with Crippen LogP contribution in [0.1, 0.15) is 40.2 Å². The van der Waals surface area contributed by atoms with Crippen molar-refractivity contribution in [1.82, 2.24) is 14.8 Å². The molecule has 0 radical (unpaired) electrons. The van der Waals surface area contributed by atoms with Gasteiger partial charge >= 0.3 is 0 Å². The fourth-order valence-corrected chi connectivity index (χ4v) is 4.87. The molecule has 0 aliphatic heterocycles. The van der Waals surface area contributed by atoms with Crippen LogP contribution in [0.4, 0.5) is 0 Å². The first-order chi connectivity index (χ1) is 17.3. The highest BCUT2D eigenvalue weighted by atomic mass is 16.3. The lowest BCUT2D eigenvalue weighted by Crippen LogP contribution is -2.43. The molecule has 4 rings (SSSR count). The number of hydrogen-bond acceptors (Lipinski definition) is 4. The van der Waals surface area contributed by atoms with Gasteiger partial charge in [-0.15, -0.1) is 0 Å². The van der Waals surface area contributed by atoms with Crippen molar-refractivity contribution >= 4 is 11.6 Å². The Morgan fingerprint density at radius 1 is 0.972 bits per heavy atom. The number of aromatic nitrogens is 1. The van der Waals surface area contributed by atoms with Gasteiger partial charge < -0.3 is 19.9 Å². The molecule has 1 aliphatic carbocycles. The molecule has 0 amide bonds. The zero-order chi connectivity index (χ0) is 25.7. The van der Waals surface area contributed by atoms with Crippen LogP contribution in [0, 0.1) is 0 Å². The summed E-state index contributed by atoms with van der Waals surface area (Å²) in [4.78, 5) is 20.5. The van der Waals surface area contributed by atoms with E-state index in [9.17, 15) is 9.90 Å². The third kappa shape index (κ3) is 5.52. The number of pyridine rings is 1. The first-order valence-corrected chi connectivity index (χ1v) is 12.4. The van der Waals surface area contributed by atoms with Gasteiger partial charge in [0.25, 0.3) is 5.56 Å². The summed E-state index contributed by atoms with van der Waals surface area (Å²) in [6.07, 6.45) is 4.88. The van der Waals surface area contributed by atoms with E-state index in [2.05, 4.69) is 26.2 Å². The summed E-state index contributed by atoms with van der Waals surface area (Å²) in [7, 11) is 8.05. The Morgan fingerprint density at radius 3 is 2.39 bits per heavy atom. The topological polar surface area (TPSA) is 59.6 Å². The molecular formula is C31H35N3O2. The Hall–Kier alpha value is -3.43. The molecule has 0 bridgehead atoms. The zero-order valence-corrected chi connectivity index (χ0v) is 21.6. The molecule has 2 atom stereocenters. The number of H-pyrrole nitrogens is 1. The Morgan fingerprint density at radius 2 is 1.67 bits per heavy atom. The predicted molar refractivity (Wildman–Crippen MR) is 147 cm³/mol. The van der Waals surface area contributed by atoms with Crippen LogP contribution in [0.5, 0.6) is 0 Å². The van der Waals surface area contributed by atoms with Gasteiger partial charge in [0.15, 0.2) is 0 Å². The first-order valence-electron chi connectivity index (χ1n) is 12.4. The van der Waals surface area contributed by atoms with Gasteiger partial charge in [-0.3, -0.25) is 4.79 Å². The van der Waals surface area contributed by atoms with Gasteiger partial charge in [0.1, 0.15) is 5.60 Å². The van der Waals surface area contributed by atoms with Crippen molar-refractivity contribution in [3.63, 3.8) is 0 Å². The lowest BCUT2D eigenvalue weighted by molar-refractivity contribution is 0.0664. The van der Waals surface area contributed by atoms with Crippen molar-refractivity contribution in [1.29, 1.82) is 0 Å². The smallest absolute Gasteiger partial charge is 0.251 e. The molecule has 2 aromatic carbocycles. The molecule has 0 spiro atoms. The molecule has 0 saturated heterocycles. The highest BCUT2D eigenvalue weighted by Crippen LogP contribution is 2.45. The molecular weight excluding hydrogens is 446 g/mol. The van der Waals surface area contributed by atoms with Gasteiger partial charge in [-0.2, -0.15) is 0 Å². The number of benzene rings is 2. The second-order valence-corrected chi connectivity index (χ2v) is 10.0. The molecule has 1 aliphatic rings. The van der Waals surface area contributed by atoms with Crippen LogP contribution in [-0.2, 0) is 6.42 Å².